The van der Waals surface area contributed by atoms with Crippen LogP contribution in [0.4, 0.5) is 4.79 Å². The molecule has 0 bridgehead atoms. The van der Waals surface area contributed by atoms with Crippen LogP contribution in [0.25, 0.3) is 11.1 Å². The number of hydrogen-bond acceptors (Lipinski definition) is 4. The molecule has 2 aromatic carbocycles. The zero-order chi connectivity index (χ0) is 24.4. The van der Waals surface area contributed by atoms with Gasteiger partial charge in [-0.05, 0) is 47.9 Å². The Morgan fingerprint density at radius 1 is 0.886 bits per heavy atom. The number of carboxylic acid groups (broad SMARTS) is 1. The van der Waals surface area contributed by atoms with Crippen molar-refractivity contribution in [2.45, 2.75) is 68.9 Å². The van der Waals surface area contributed by atoms with Gasteiger partial charge in [0.25, 0.3) is 0 Å². The number of amides is 2. The smallest absolute Gasteiger partial charge is 0.408 e. The maximum Gasteiger partial charge on any atom is 0.408 e. The molecule has 3 aliphatic rings. The highest BCUT2D eigenvalue weighted by Gasteiger charge is 2.44. The van der Waals surface area contributed by atoms with Crippen molar-refractivity contribution in [3.05, 3.63) is 59.7 Å². The van der Waals surface area contributed by atoms with Crippen LogP contribution in [-0.2, 0) is 14.3 Å². The number of ether oxygens (including phenoxy) is 1. The summed E-state index contributed by atoms with van der Waals surface area (Å²) in [5.74, 6) is -1.80. The highest BCUT2D eigenvalue weighted by atomic mass is 16.5. The lowest BCUT2D eigenvalue weighted by Gasteiger charge is -2.37. The SMILES string of the molecule is O=C(NC1(C(=O)NC2CCCC2C(=O)O)CCCCC1)OCC1c2ccccc2-c2ccccc21. The standard InChI is InChI=1S/C28H32N2O5/c31-25(32)22-13-8-14-24(22)29-26(33)28(15-6-1-7-16-28)30-27(34)35-17-23-20-11-4-2-9-18(20)19-10-3-5-12-21(19)23/h2-5,9-12,22-24H,1,6-8,13-17H2,(H,29,33)(H,30,34)(H,31,32). The molecule has 3 aliphatic carbocycles. The summed E-state index contributed by atoms with van der Waals surface area (Å²) in [7, 11) is 0. The molecule has 0 aromatic heterocycles. The Kier molecular flexibility index (Phi) is 6.50. The monoisotopic (exact) mass is 476 g/mol. The molecule has 2 unspecified atom stereocenters. The number of benzene rings is 2. The van der Waals surface area contributed by atoms with Crippen LogP contribution in [0.1, 0.15) is 68.4 Å². The second-order valence-corrected chi connectivity index (χ2v) is 10.0. The molecule has 2 fully saturated rings. The van der Waals surface area contributed by atoms with E-state index in [1.54, 1.807) is 0 Å². The van der Waals surface area contributed by atoms with E-state index in [-0.39, 0.29) is 18.4 Å². The van der Waals surface area contributed by atoms with E-state index in [1.165, 1.54) is 0 Å². The number of carbonyl (C=O) groups excluding carboxylic acids is 2. The Hall–Kier alpha value is -3.35. The Balaban J connectivity index is 1.28. The summed E-state index contributed by atoms with van der Waals surface area (Å²) in [6, 6.07) is 15.9. The molecule has 184 valence electrons. The van der Waals surface area contributed by atoms with E-state index in [0.29, 0.717) is 25.7 Å². The van der Waals surface area contributed by atoms with Gasteiger partial charge in [0.05, 0.1) is 5.92 Å². The van der Waals surface area contributed by atoms with Crippen LogP contribution in [-0.4, -0.2) is 41.3 Å². The molecule has 7 nitrogen and oxygen atoms in total. The fourth-order valence-electron chi connectivity index (χ4n) is 6.13. The van der Waals surface area contributed by atoms with Gasteiger partial charge in [-0.1, -0.05) is 74.2 Å². The molecule has 0 aliphatic heterocycles. The third-order valence-corrected chi connectivity index (χ3v) is 7.98. The molecule has 0 spiro atoms. The average Bonchev–Trinajstić information content (AvgIpc) is 3.46. The minimum atomic E-state index is -1.06. The molecular weight excluding hydrogens is 444 g/mol. The fraction of sp³-hybridized carbons (Fsp3) is 0.464. The minimum Gasteiger partial charge on any atom is -0.481 e. The van der Waals surface area contributed by atoms with Gasteiger partial charge in [0.2, 0.25) is 5.91 Å². The predicted octanol–water partition coefficient (Wildman–Crippen LogP) is 4.60. The van der Waals surface area contributed by atoms with Crippen LogP contribution in [0.3, 0.4) is 0 Å². The Labute approximate surface area is 205 Å². The molecule has 0 radical (unpaired) electrons. The first-order chi connectivity index (χ1) is 17.0. The Morgan fingerprint density at radius 2 is 1.51 bits per heavy atom. The number of alkyl carbamates (subject to hydrolysis) is 1. The second-order valence-electron chi connectivity index (χ2n) is 10.0. The average molecular weight is 477 g/mol. The van der Waals surface area contributed by atoms with Gasteiger partial charge in [-0.3, -0.25) is 9.59 Å². The summed E-state index contributed by atoms with van der Waals surface area (Å²) in [5.41, 5.74) is 3.52. The van der Waals surface area contributed by atoms with Crippen molar-refractivity contribution in [2.24, 2.45) is 5.92 Å². The van der Waals surface area contributed by atoms with E-state index in [2.05, 4.69) is 34.9 Å². The zero-order valence-corrected chi connectivity index (χ0v) is 19.8. The molecule has 3 N–H and O–H groups in total. The fourth-order valence-corrected chi connectivity index (χ4v) is 6.13. The maximum absolute atomic E-state index is 13.4. The van der Waals surface area contributed by atoms with Gasteiger partial charge >= 0.3 is 12.1 Å². The van der Waals surface area contributed by atoms with Crippen LogP contribution < -0.4 is 10.6 Å². The number of rotatable bonds is 6. The number of hydrogen-bond donors (Lipinski definition) is 3. The number of fused-ring (bicyclic) bond motifs is 3. The van der Waals surface area contributed by atoms with Crippen molar-refractivity contribution in [3.8, 4) is 11.1 Å². The predicted molar refractivity (Wildman–Crippen MR) is 131 cm³/mol. The number of carbonyl (C=O) groups is 3. The largest absolute Gasteiger partial charge is 0.481 e. The van der Waals surface area contributed by atoms with Crippen LogP contribution in [0.15, 0.2) is 48.5 Å². The second kappa shape index (κ2) is 9.72. The molecular formula is C28H32N2O5. The molecule has 2 aromatic rings. The van der Waals surface area contributed by atoms with E-state index in [1.807, 2.05) is 24.3 Å². The van der Waals surface area contributed by atoms with Gasteiger partial charge in [0.15, 0.2) is 0 Å². The van der Waals surface area contributed by atoms with Gasteiger partial charge in [0, 0.05) is 12.0 Å². The Morgan fingerprint density at radius 3 is 2.14 bits per heavy atom. The van der Waals surface area contributed by atoms with Gasteiger partial charge < -0.3 is 20.5 Å². The first-order valence-corrected chi connectivity index (χ1v) is 12.7. The highest BCUT2D eigenvalue weighted by Crippen LogP contribution is 2.44. The van der Waals surface area contributed by atoms with Crippen molar-refractivity contribution < 1.29 is 24.2 Å². The van der Waals surface area contributed by atoms with Crippen molar-refractivity contribution in [1.82, 2.24) is 10.6 Å². The summed E-state index contributed by atoms with van der Waals surface area (Å²) < 4.78 is 5.72. The molecule has 0 saturated heterocycles. The summed E-state index contributed by atoms with van der Waals surface area (Å²) in [6.07, 6.45) is 5.06. The van der Waals surface area contributed by atoms with Crippen molar-refractivity contribution in [2.75, 3.05) is 6.61 Å². The summed E-state index contributed by atoms with van der Waals surface area (Å²) in [4.78, 5) is 38.0. The van der Waals surface area contributed by atoms with E-state index in [9.17, 15) is 19.5 Å². The first-order valence-electron chi connectivity index (χ1n) is 12.7. The van der Waals surface area contributed by atoms with Gasteiger partial charge in [-0.25, -0.2) is 4.79 Å². The van der Waals surface area contributed by atoms with Crippen LogP contribution in [0.2, 0.25) is 0 Å². The molecule has 5 rings (SSSR count). The summed E-state index contributed by atoms with van der Waals surface area (Å²) >= 11 is 0. The highest BCUT2D eigenvalue weighted by molar-refractivity contribution is 5.91. The lowest BCUT2D eigenvalue weighted by atomic mass is 9.80. The van der Waals surface area contributed by atoms with Crippen molar-refractivity contribution in [3.63, 3.8) is 0 Å². The third-order valence-electron chi connectivity index (χ3n) is 7.98. The van der Waals surface area contributed by atoms with Crippen LogP contribution in [0, 0.1) is 5.92 Å². The molecule has 35 heavy (non-hydrogen) atoms. The van der Waals surface area contributed by atoms with Gasteiger partial charge in [-0.15, -0.1) is 0 Å². The van der Waals surface area contributed by atoms with E-state index in [4.69, 9.17) is 4.74 Å². The van der Waals surface area contributed by atoms with E-state index in [0.717, 1.165) is 47.9 Å². The first kappa shape index (κ1) is 23.4. The lowest BCUT2D eigenvalue weighted by molar-refractivity contribution is -0.142. The van der Waals surface area contributed by atoms with Gasteiger partial charge in [0.1, 0.15) is 12.1 Å². The van der Waals surface area contributed by atoms with E-state index >= 15 is 0 Å². The normalized spacial score (nSPS) is 22.6. The van der Waals surface area contributed by atoms with E-state index < -0.39 is 29.6 Å². The van der Waals surface area contributed by atoms with Crippen molar-refractivity contribution in [1.29, 1.82) is 0 Å². The minimum absolute atomic E-state index is 0.0564. The van der Waals surface area contributed by atoms with Crippen molar-refractivity contribution >= 4 is 18.0 Å². The van der Waals surface area contributed by atoms with Crippen LogP contribution >= 0.6 is 0 Å². The maximum atomic E-state index is 13.4. The van der Waals surface area contributed by atoms with Crippen LogP contribution in [0.5, 0.6) is 0 Å². The summed E-state index contributed by atoms with van der Waals surface area (Å²) in [5, 5.41) is 15.3. The molecule has 2 amide bonds. The molecule has 2 atom stereocenters. The topological polar surface area (TPSA) is 105 Å². The third kappa shape index (κ3) is 4.51. The Bertz CT molecular complexity index is 1080. The number of carboxylic acids is 1. The summed E-state index contributed by atoms with van der Waals surface area (Å²) in [6.45, 7) is 0.182. The molecule has 0 heterocycles. The van der Waals surface area contributed by atoms with Gasteiger partial charge in [-0.2, -0.15) is 0 Å². The number of nitrogens with one attached hydrogen (secondary N) is 2. The number of aliphatic carboxylic acids is 1. The quantitative estimate of drug-likeness (QED) is 0.565. The zero-order valence-electron chi connectivity index (χ0n) is 19.8. The molecule has 7 heteroatoms. The lowest BCUT2D eigenvalue weighted by Crippen LogP contribution is -2.61. The molecule has 2 saturated carbocycles.